The predicted octanol–water partition coefficient (Wildman–Crippen LogP) is 4.85. The monoisotopic (exact) mass is 417 g/mol. The first-order chi connectivity index (χ1) is 13.6. The molecule has 0 bridgehead atoms. The van der Waals surface area contributed by atoms with Crippen molar-refractivity contribution in [2.45, 2.75) is 44.9 Å². The van der Waals surface area contributed by atoms with Crippen LogP contribution in [0.5, 0.6) is 5.75 Å². The number of nitrogens with zero attached hydrogens (tertiary/aromatic N) is 1. The third-order valence-corrected chi connectivity index (χ3v) is 4.73. The quantitative estimate of drug-likeness (QED) is 0.769. The van der Waals surface area contributed by atoms with Gasteiger partial charge in [0.1, 0.15) is 23.5 Å². The zero-order chi connectivity index (χ0) is 21.2. The summed E-state index contributed by atoms with van der Waals surface area (Å²) in [6.45, 7) is 5.35. The minimum atomic E-state index is -1.08. The molecule has 7 heteroatoms. The van der Waals surface area contributed by atoms with E-state index >= 15 is 0 Å². The minimum absolute atomic E-state index is 0.128. The highest BCUT2D eigenvalue weighted by Crippen LogP contribution is 2.35. The van der Waals surface area contributed by atoms with E-state index in [2.05, 4.69) is 0 Å². The largest absolute Gasteiger partial charge is 0.488 e. The average molecular weight is 418 g/mol. The number of halogens is 1. The number of aliphatic carboxylic acids is 1. The van der Waals surface area contributed by atoms with E-state index in [0.717, 1.165) is 11.1 Å². The zero-order valence-electron chi connectivity index (χ0n) is 16.6. The number of benzene rings is 2. The van der Waals surface area contributed by atoms with Crippen molar-refractivity contribution in [3.63, 3.8) is 0 Å². The third-order valence-electron chi connectivity index (χ3n) is 4.50. The molecule has 29 heavy (non-hydrogen) atoms. The van der Waals surface area contributed by atoms with Crippen molar-refractivity contribution >= 4 is 23.7 Å². The molecule has 1 saturated heterocycles. The second-order valence-electron chi connectivity index (χ2n) is 7.97. The van der Waals surface area contributed by atoms with Crippen molar-refractivity contribution < 1.29 is 24.2 Å². The molecule has 154 valence electrons. The molecule has 6 nitrogen and oxygen atoms in total. The molecule has 0 radical (unpaired) electrons. The molecule has 1 aliphatic rings. The molecule has 2 atom stereocenters. The Morgan fingerprint density at radius 1 is 1.14 bits per heavy atom. The molecule has 1 heterocycles. The molecule has 0 unspecified atom stereocenters. The van der Waals surface area contributed by atoms with Gasteiger partial charge in [-0.15, -0.1) is 0 Å². The van der Waals surface area contributed by atoms with E-state index in [-0.39, 0.29) is 13.0 Å². The SMILES string of the molecule is CC(C)(C)OC(=O)N1C[C@@H](Oc2ccc(Cl)cc2-c2ccccc2)C[C@H]1C(=O)O. The minimum Gasteiger partial charge on any atom is -0.488 e. The van der Waals surface area contributed by atoms with Crippen LogP contribution in [0, 0.1) is 0 Å². The summed E-state index contributed by atoms with van der Waals surface area (Å²) in [5.74, 6) is -0.498. The number of likely N-dealkylation sites (tertiary alicyclic amines) is 1. The van der Waals surface area contributed by atoms with Crippen LogP contribution in [0.15, 0.2) is 48.5 Å². The Hall–Kier alpha value is -2.73. The Labute approximate surface area is 175 Å². The summed E-state index contributed by atoms with van der Waals surface area (Å²) >= 11 is 6.17. The maximum Gasteiger partial charge on any atom is 0.411 e. The number of carbonyl (C=O) groups is 2. The molecule has 2 aromatic rings. The summed E-state index contributed by atoms with van der Waals surface area (Å²) in [5.41, 5.74) is 1.03. The van der Waals surface area contributed by atoms with Gasteiger partial charge in [0, 0.05) is 17.0 Å². The summed E-state index contributed by atoms with van der Waals surface area (Å²) in [7, 11) is 0. The van der Waals surface area contributed by atoms with Gasteiger partial charge in [-0.3, -0.25) is 4.90 Å². The van der Waals surface area contributed by atoms with Crippen LogP contribution < -0.4 is 4.74 Å². The van der Waals surface area contributed by atoms with Gasteiger partial charge in [0.2, 0.25) is 0 Å². The molecule has 1 aliphatic heterocycles. The lowest BCUT2D eigenvalue weighted by molar-refractivity contribution is -0.142. The third kappa shape index (κ3) is 5.21. The van der Waals surface area contributed by atoms with Crippen LogP contribution in [0.3, 0.4) is 0 Å². The standard InChI is InChI=1S/C22H24ClNO5/c1-22(2,3)29-21(27)24-13-16(12-18(24)20(25)26)28-19-10-9-15(23)11-17(19)14-7-5-4-6-8-14/h4-11,16,18H,12-13H2,1-3H3,(H,25,26)/t16-,18-/m0/s1. The molecular formula is C22H24ClNO5. The number of rotatable bonds is 4. The normalized spacial score (nSPS) is 19.1. The number of ether oxygens (including phenoxy) is 2. The molecule has 0 spiro atoms. The first-order valence-corrected chi connectivity index (χ1v) is 9.76. The summed E-state index contributed by atoms with van der Waals surface area (Å²) in [5, 5.41) is 10.1. The summed E-state index contributed by atoms with van der Waals surface area (Å²) in [4.78, 5) is 25.4. The van der Waals surface area contributed by atoms with E-state index in [1.807, 2.05) is 36.4 Å². The Morgan fingerprint density at radius 2 is 1.83 bits per heavy atom. The Balaban J connectivity index is 1.83. The van der Waals surface area contributed by atoms with Crippen LogP contribution in [0.1, 0.15) is 27.2 Å². The van der Waals surface area contributed by atoms with Crippen LogP contribution in [-0.4, -0.2) is 46.4 Å². The lowest BCUT2D eigenvalue weighted by Crippen LogP contribution is -2.43. The van der Waals surface area contributed by atoms with Crippen LogP contribution >= 0.6 is 11.6 Å². The van der Waals surface area contributed by atoms with Crippen molar-refractivity contribution in [3.05, 3.63) is 53.6 Å². The van der Waals surface area contributed by atoms with Crippen molar-refractivity contribution in [1.29, 1.82) is 0 Å². The van der Waals surface area contributed by atoms with Crippen molar-refractivity contribution in [2.24, 2.45) is 0 Å². The van der Waals surface area contributed by atoms with Gasteiger partial charge in [-0.25, -0.2) is 9.59 Å². The fourth-order valence-corrected chi connectivity index (χ4v) is 3.44. The number of hydrogen-bond donors (Lipinski definition) is 1. The van der Waals surface area contributed by atoms with Gasteiger partial charge in [0.25, 0.3) is 0 Å². The Kier molecular flexibility index (Phi) is 6.03. The summed E-state index contributed by atoms with van der Waals surface area (Å²) in [6, 6.07) is 13.9. The lowest BCUT2D eigenvalue weighted by Gasteiger charge is -2.26. The first kappa shape index (κ1) is 21.0. The van der Waals surface area contributed by atoms with Gasteiger partial charge in [-0.2, -0.15) is 0 Å². The van der Waals surface area contributed by atoms with Crippen LogP contribution in [-0.2, 0) is 9.53 Å². The molecule has 3 rings (SSSR count). The topological polar surface area (TPSA) is 76.1 Å². The van der Waals surface area contributed by atoms with E-state index in [4.69, 9.17) is 21.1 Å². The fourth-order valence-electron chi connectivity index (χ4n) is 3.27. The number of carboxylic acid groups (broad SMARTS) is 1. The number of carboxylic acids is 1. The van der Waals surface area contributed by atoms with Gasteiger partial charge in [0.05, 0.1) is 6.54 Å². The van der Waals surface area contributed by atoms with Gasteiger partial charge >= 0.3 is 12.1 Å². The van der Waals surface area contributed by atoms with Gasteiger partial charge in [-0.1, -0.05) is 41.9 Å². The average Bonchev–Trinajstić information content (AvgIpc) is 3.07. The number of amides is 1. The molecule has 1 fully saturated rings. The van der Waals surface area contributed by atoms with Crippen LogP contribution in [0.2, 0.25) is 5.02 Å². The molecule has 0 aromatic heterocycles. The second kappa shape index (κ2) is 8.33. The van der Waals surface area contributed by atoms with Crippen LogP contribution in [0.25, 0.3) is 11.1 Å². The Morgan fingerprint density at radius 3 is 2.45 bits per heavy atom. The summed E-state index contributed by atoms with van der Waals surface area (Å²) in [6.07, 6.45) is -0.964. The maximum atomic E-state index is 12.5. The van der Waals surface area contributed by atoms with Crippen molar-refractivity contribution in [1.82, 2.24) is 4.90 Å². The van der Waals surface area contributed by atoms with Crippen LogP contribution in [0.4, 0.5) is 4.79 Å². The van der Waals surface area contributed by atoms with E-state index in [0.29, 0.717) is 10.8 Å². The van der Waals surface area contributed by atoms with E-state index < -0.39 is 29.8 Å². The number of carbonyl (C=O) groups excluding carboxylic acids is 1. The molecule has 1 N–H and O–H groups in total. The number of hydrogen-bond acceptors (Lipinski definition) is 4. The molecule has 2 aromatic carbocycles. The predicted molar refractivity (Wildman–Crippen MR) is 110 cm³/mol. The molecule has 1 amide bonds. The summed E-state index contributed by atoms with van der Waals surface area (Å²) < 4.78 is 11.5. The second-order valence-corrected chi connectivity index (χ2v) is 8.41. The Bertz CT molecular complexity index is 894. The van der Waals surface area contributed by atoms with Crippen molar-refractivity contribution in [2.75, 3.05) is 6.54 Å². The first-order valence-electron chi connectivity index (χ1n) is 9.38. The van der Waals surface area contributed by atoms with Crippen molar-refractivity contribution in [3.8, 4) is 16.9 Å². The molecule has 0 saturated carbocycles. The zero-order valence-corrected chi connectivity index (χ0v) is 17.3. The molecule has 0 aliphatic carbocycles. The van der Waals surface area contributed by atoms with Gasteiger partial charge < -0.3 is 14.6 Å². The van der Waals surface area contributed by atoms with Gasteiger partial charge in [-0.05, 0) is 44.5 Å². The highest BCUT2D eigenvalue weighted by molar-refractivity contribution is 6.31. The van der Waals surface area contributed by atoms with E-state index in [1.54, 1.807) is 32.9 Å². The lowest BCUT2D eigenvalue weighted by atomic mass is 10.0. The van der Waals surface area contributed by atoms with E-state index in [1.165, 1.54) is 4.90 Å². The highest BCUT2D eigenvalue weighted by Gasteiger charge is 2.42. The highest BCUT2D eigenvalue weighted by atomic mass is 35.5. The fraction of sp³-hybridized carbons (Fsp3) is 0.364. The maximum absolute atomic E-state index is 12.5. The smallest absolute Gasteiger partial charge is 0.411 e. The van der Waals surface area contributed by atoms with Gasteiger partial charge in [0.15, 0.2) is 0 Å². The van der Waals surface area contributed by atoms with E-state index in [9.17, 15) is 14.7 Å². The molecular weight excluding hydrogens is 394 g/mol.